The van der Waals surface area contributed by atoms with Crippen molar-refractivity contribution in [3.05, 3.63) is 85.3 Å². The Morgan fingerprint density at radius 2 is 2.03 bits per heavy atom. The summed E-state index contributed by atoms with van der Waals surface area (Å²) in [5, 5.41) is 0.726. The molecule has 3 aromatic heterocycles. The predicted molar refractivity (Wildman–Crippen MR) is 146 cm³/mol. The van der Waals surface area contributed by atoms with Crippen LogP contribution in [0, 0.1) is 13.8 Å². The predicted octanol–water partition coefficient (Wildman–Crippen LogP) is 7.19. The lowest BCUT2D eigenvalue weighted by atomic mass is 10.1. The second-order valence-electron chi connectivity index (χ2n) is 9.13. The number of alkyl halides is 3. The van der Waals surface area contributed by atoms with Crippen LogP contribution in [0.1, 0.15) is 44.2 Å². The summed E-state index contributed by atoms with van der Waals surface area (Å²) in [4.78, 5) is 33.3. The van der Waals surface area contributed by atoms with E-state index in [9.17, 15) is 22.8 Å². The fraction of sp³-hybridized carbons (Fsp3) is 0.296. The molecule has 3 heterocycles. The Bertz CT molecular complexity index is 1670. The molecule has 198 valence electrons. The van der Waals surface area contributed by atoms with E-state index in [1.54, 1.807) is 35.1 Å². The average molecular weight is 578 g/mol. The van der Waals surface area contributed by atoms with Gasteiger partial charge in [-0.2, -0.15) is 13.2 Å². The van der Waals surface area contributed by atoms with Crippen LogP contribution in [0.25, 0.3) is 15.9 Å². The highest BCUT2D eigenvalue weighted by Crippen LogP contribution is 2.37. The van der Waals surface area contributed by atoms with Gasteiger partial charge in [-0.3, -0.25) is 14.2 Å². The van der Waals surface area contributed by atoms with Crippen LogP contribution in [0.2, 0.25) is 5.02 Å². The van der Waals surface area contributed by atoms with Crippen LogP contribution in [0.3, 0.4) is 0 Å². The standard InChI is InChI=1S/C27H23ClF3N3O2S2/c1-4-10-33-25(36)23-17-6-5-7-22(17)38-24(23)32-26(33)37-13-21(35)18-11-14(2)34(15(18)3)16-8-9-20(28)19(12-16)27(29,30)31/h4,8-9,11-12H,1,5-7,10,13H2,2-3H3. The van der Waals surface area contributed by atoms with Crippen LogP contribution in [-0.4, -0.2) is 25.7 Å². The molecule has 0 saturated heterocycles. The molecule has 0 radical (unpaired) electrons. The lowest BCUT2D eigenvalue weighted by Crippen LogP contribution is -2.23. The summed E-state index contributed by atoms with van der Waals surface area (Å²) >= 11 is 8.50. The lowest BCUT2D eigenvalue weighted by molar-refractivity contribution is -0.137. The SMILES string of the molecule is C=CCn1c(SCC(=O)c2cc(C)n(-c3ccc(Cl)c(C(F)(F)F)c3)c2C)nc2sc3c(c2c1=O)CCC3. The molecule has 5 rings (SSSR count). The Morgan fingerprint density at radius 3 is 2.74 bits per heavy atom. The molecule has 0 saturated carbocycles. The molecule has 1 aliphatic rings. The second kappa shape index (κ2) is 10.1. The summed E-state index contributed by atoms with van der Waals surface area (Å²) in [7, 11) is 0. The highest BCUT2D eigenvalue weighted by atomic mass is 35.5. The third-order valence-corrected chi connectivity index (χ3v) is 9.17. The van der Waals surface area contributed by atoms with Gasteiger partial charge in [0.1, 0.15) is 4.83 Å². The van der Waals surface area contributed by atoms with Crippen molar-refractivity contribution in [2.24, 2.45) is 0 Å². The fourth-order valence-corrected chi connectivity index (χ4v) is 7.40. The van der Waals surface area contributed by atoms with Gasteiger partial charge >= 0.3 is 6.18 Å². The third kappa shape index (κ3) is 4.63. The van der Waals surface area contributed by atoms with Gasteiger partial charge in [0.05, 0.1) is 21.7 Å². The maximum atomic E-state index is 13.4. The van der Waals surface area contributed by atoms with Crippen molar-refractivity contribution in [3.63, 3.8) is 0 Å². The van der Waals surface area contributed by atoms with E-state index < -0.39 is 11.7 Å². The first kappa shape index (κ1) is 26.8. The summed E-state index contributed by atoms with van der Waals surface area (Å²) in [5.41, 5.74) is 1.83. The van der Waals surface area contributed by atoms with Crippen molar-refractivity contribution < 1.29 is 18.0 Å². The number of rotatable bonds is 7. The Morgan fingerprint density at radius 1 is 1.26 bits per heavy atom. The van der Waals surface area contributed by atoms with Crippen molar-refractivity contribution in [1.82, 2.24) is 14.1 Å². The minimum atomic E-state index is -4.60. The number of hydrogen-bond acceptors (Lipinski definition) is 5. The van der Waals surface area contributed by atoms with E-state index in [-0.39, 0.29) is 34.4 Å². The molecule has 0 aliphatic heterocycles. The monoisotopic (exact) mass is 577 g/mol. The van der Waals surface area contributed by atoms with Gasteiger partial charge in [0.2, 0.25) is 0 Å². The summed E-state index contributed by atoms with van der Waals surface area (Å²) in [6.07, 6.45) is -0.113. The number of fused-ring (bicyclic) bond motifs is 3. The molecule has 1 aromatic carbocycles. The van der Waals surface area contributed by atoms with Gasteiger partial charge in [-0.25, -0.2) is 4.98 Å². The maximum Gasteiger partial charge on any atom is 0.417 e. The first-order valence-electron chi connectivity index (χ1n) is 11.9. The van der Waals surface area contributed by atoms with Crippen LogP contribution < -0.4 is 5.56 Å². The van der Waals surface area contributed by atoms with Crippen LogP contribution in [0.15, 0.2) is 46.9 Å². The van der Waals surface area contributed by atoms with E-state index in [4.69, 9.17) is 16.6 Å². The van der Waals surface area contributed by atoms with Gasteiger partial charge in [-0.1, -0.05) is 29.4 Å². The zero-order valence-corrected chi connectivity index (χ0v) is 23.0. The number of ketones is 1. The number of nitrogens with zero attached hydrogens (tertiary/aromatic N) is 3. The number of Topliss-reactive ketones (excluding diaryl/α,β-unsaturated/α-hetero) is 1. The summed E-state index contributed by atoms with van der Waals surface area (Å²) in [6, 6.07) is 5.34. The van der Waals surface area contributed by atoms with E-state index in [0.717, 1.165) is 30.9 Å². The molecule has 0 bridgehead atoms. The zero-order valence-electron chi connectivity index (χ0n) is 20.6. The van der Waals surface area contributed by atoms with Crippen molar-refractivity contribution >= 4 is 50.7 Å². The number of aryl methyl sites for hydroxylation is 3. The van der Waals surface area contributed by atoms with Gasteiger partial charge in [-0.15, -0.1) is 17.9 Å². The Kier molecular flexibility index (Phi) is 7.08. The number of thiophene rings is 1. The molecular weight excluding hydrogens is 555 g/mol. The van der Waals surface area contributed by atoms with Gasteiger partial charge in [0, 0.05) is 34.1 Å². The topological polar surface area (TPSA) is 56.9 Å². The van der Waals surface area contributed by atoms with Crippen LogP contribution in [0.5, 0.6) is 0 Å². The van der Waals surface area contributed by atoms with Gasteiger partial charge in [-0.05, 0) is 62.9 Å². The quantitative estimate of drug-likeness (QED) is 0.101. The normalized spacial score (nSPS) is 13.3. The maximum absolute atomic E-state index is 13.4. The number of aromatic nitrogens is 3. The summed E-state index contributed by atoms with van der Waals surface area (Å²) in [6.45, 7) is 7.45. The van der Waals surface area contributed by atoms with Gasteiger partial charge < -0.3 is 4.57 Å². The summed E-state index contributed by atoms with van der Waals surface area (Å²) in [5.74, 6) is -0.202. The molecule has 0 spiro atoms. The van der Waals surface area contributed by atoms with Crippen molar-refractivity contribution in [3.8, 4) is 5.69 Å². The molecule has 0 N–H and O–H groups in total. The smallest absolute Gasteiger partial charge is 0.318 e. The second-order valence-corrected chi connectivity index (χ2v) is 11.6. The fourth-order valence-electron chi connectivity index (χ4n) is 4.98. The zero-order chi connectivity index (χ0) is 27.4. The Hall–Kier alpha value is -2.82. The van der Waals surface area contributed by atoms with E-state index in [2.05, 4.69) is 6.58 Å². The molecule has 4 aromatic rings. The highest BCUT2D eigenvalue weighted by molar-refractivity contribution is 7.99. The van der Waals surface area contributed by atoms with Gasteiger partial charge in [0.25, 0.3) is 5.56 Å². The van der Waals surface area contributed by atoms with E-state index >= 15 is 0 Å². The lowest BCUT2D eigenvalue weighted by Gasteiger charge is -2.14. The van der Waals surface area contributed by atoms with Crippen molar-refractivity contribution in [2.75, 3.05) is 5.75 Å². The molecule has 0 atom stereocenters. The largest absolute Gasteiger partial charge is 0.417 e. The Labute approximate surface area is 230 Å². The summed E-state index contributed by atoms with van der Waals surface area (Å²) < 4.78 is 43.4. The molecule has 0 amide bonds. The molecule has 1 aliphatic carbocycles. The molecule has 5 nitrogen and oxygen atoms in total. The number of thioether (sulfide) groups is 1. The van der Waals surface area contributed by atoms with Crippen molar-refractivity contribution in [1.29, 1.82) is 0 Å². The molecular formula is C27H23ClF3N3O2S2. The Balaban J connectivity index is 1.45. The van der Waals surface area contributed by atoms with E-state index in [1.807, 2.05) is 0 Å². The minimum Gasteiger partial charge on any atom is -0.318 e. The van der Waals surface area contributed by atoms with E-state index in [0.29, 0.717) is 32.3 Å². The number of allylic oxidation sites excluding steroid dienone is 1. The third-order valence-electron chi connectivity index (χ3n) is 6.68. The average Bonchev–Trinajstić information content (AvgIpc) is 3.52. The molecule has 11 heteroatoms. The number of carbonyl (C=O) groups excluding carboxylic acids is 1. The highest BCUT2D eigenvalue weighted by Gasteiger charge is 2.34. The molecule has 38 heavy (non-hydrogen) atoms. The minimum absolute atomic E-state index is 0.0128. The molecule has 0 unspecified atom stereocenters. The molecule has 0 fully saturated rings. The van der Waals surface area contributed by atoms with Crippen LogP contribution in [-0.2, 0) is 25.6 Å². The van der Waals surface area contributed by atoms with Crippen LogP contribution >= 0.6 is 34.7 Å². The first-order chi connectivity index (χ1) is 18.0. The number of benzene rings is 1. The number of hydrogen-bond donors (Lipinski definition) is 0. The van der Waals surface area contributed by atoms with E-state index in [1.165, 1.54) is 40.1 Å². The first-order valence-corrected chi connectivity index (χ1v) is 14.1. The van der Waals surface area contributed by atoms with Gasteiger partial charge in [0.15, 0.2) is 10.9 Å². The van der Waals surface area contributed by atoms with Crippen LogP contribution in [0.4, 0.5) is 13.2 Å². The number of halogens is 4. The number of carbonyl (C=O) groups is 1. The van der Waals surface area contributed by atoms with Crippen molar-refractivity contribution in [2.45, 2.75) is 51.0 Å².